The number of nitriles is 1. The summed E-state index contributed by atoms with van der Waals surface area (Å²) in [4.78, 5) is 10.3. The third-order valence-corrected chi connectivity index (χ3v) is 4.76. The summed E-state index contributed by atoms with van der Waals surface area (Å²) < 4.78 is 25.3. The van der Waals surface area contributed by atoms with Crippen LogP contribution in [-0.4, -0.2) is 11.5 Å². The molecule has 3 aromatic carbocycles. The zero-order valence-electron chi connectivity index (χ0n) is 17.0. The number of hydrogen-bond donors (Lipinski definition) is 0. The van der Waals surface area contributed by atoms with Crippen molar-refractivity contribution in [2.75, 3.05) is 6.61 Å². The predicted molar refractivity (Wildman–Crippen MR) is 120 cm³/mol. The molecule has 0 fully saturated rings. The summed E-state index contributed by atoms with van der Waals surface area (Å²) in [6, 6.07) is 17.3. The fourth-order valence-electron chi connectivity index (χ4n) is 2.95. The highest BCUT2D eigenvalue weighted by molar-refractivity contribution is 6.32. The van der Waals surface area contributed by atoms with Crippen LogP contribution in [0.2, 0.25) is 5.02 Å². The van der Waals surface area contributed by atoms with Crippen LogP contribution in [0.4, 0.5) is 10.1 Å². The van der Waals surface area contributed by atoms with E-state index in [2.05, 4.69) is 6.07 Å². The first-order valence-electron chi connectivity index (χ1n) is 9.62. The van der Waals surface area contributed by atoms with Crippen molar-refractivity contribution in [3.8, 4) is 17.6 Å². The molecular formula is C24H18ClFN2O4. The van der Waals surface area contributed by atoms with Crippen LogP contribution < -0.4 is 9.47 Å². The molecule has 0 spiro atoms. The average molecular weight is 453 g/mol. The van der Waals surface area contributed by atoms with Crippen LogP contribution in [0.5, 0.6) is 11.5 Å². The SMILES string of the molecule is CCOc1cc(/C=C(/C#N)c2ccc([N+](=O)[O-])cc2)cc(Cl)c1OCc1ccccc1F. The van der Waals surface area contributed by atoms with Gasteiger partial charge in [-0.2, -0.15) is 5.26 Å². The Labute approximate surface area is 189 Å². The fourth-order valence-corrected chi connectivity index (χ4v) is 3.22. The van der Waals surface area contributed by atoms with E-state index in [1.54, 1.807) is 43.3 Å². The molecule has 3 aromatic rings. The number of nitro groups is 1. The second kappa shape index (κ2) is 10.4. The number of allylic oxidation sites excluding steroid dienone is 1. The van der Waals surface area contributed by atoms with E-state index < -0.39 is 4.92 Å². The summed E-state index contributed by atoms with van der Waals surface area (Å²) in [6.45, 7) is 2.11. The molecule has 0 unspecified atom stereocenters. The maximum Gasteiger partial charge on any atom is 0.269 e. The normalized spacial score (nSPS) is 11.0. The van der Waals surface area contributed by atoms with Crippen molar-refractivity contribution < 1.29 is 18.8 Å². The van der Waals surface area contributed by atoms with Gasteiger partial charge in [0.1, 0.15) is 12.4 Å². The number of halogens is 2. The van der Waals surface area contributed by atoms with Crippen LogP contribution in [0.15, 0.2) is 60.7 Å². The fraction of sp³-hybridized carbons (Fsp3) is 0.125. The van der Waals surface area contributed by atoms with Crippen molar-refractivity contribution in [1.82, 2.24) is 0 Å². The van der Waals surface area contributed by atoms with Crippen LogP contribution in [0.1, 0.15) is 23.6 Å². The Balaban J connectivity index is 1.92. The lowest BCUT2D eigenvalue weighted by Gasteiger charge is -2.15. The Bertz CT molecular complexity index is 1200. The van der Waals surface area contributed by atoms with Gasteiger partial charge in [-0.3, -0.25) is 10.1 Å². The average Bonchev–Trinajstić information content (AvgIpc) is 2.78. The molecule has 8 heteroatoms. The van der Waals surface area contributed by atoms with Crippen LogP contribution in [0, 0.1) is 27.3 Å². The molecular weight excluding hydrogens is 435 g/mol. The molecule has 0 aliphatic rings. The van der Waals surface area contributed by atoms with Crippen molar-refractivity contribution >= 4 is 28.9 Å². The summed E-state index contributed by atoms with van der Waals surface area (Å²) in [5.41, 5.74) is 1.70. The first-order valence-corrected chi connectivity index (χ1v) is 10.00. The third-order valence-electron chi connectivity index (χ3n) is 4.48. The topological polar surface area (TPSA) is 85.4 Å². The molecule has 0 amide bonds. The third kappa shape index (κ3) is 5.42. The number of nitro benzene ring substituents is 1. The molecule has 0 heterocycles. The van der Waals surface area contributed by atoms with Gasteiger partial charge < -0.3 is 9.47 Å². The van der Waals surface area contributed by atoms with Gasteiger partial charge in [0, 0.05) is 17.7 Å². The minimum Gasteiger partial charge on any atom is -0.490 e. The lowest BCUT2D eigenvalue weighted by atomic mass is 10.0. The molecule has 3 rings (SSSR count). The molecule has 0 atom stereocenters. The molecule has 32 heavy (non-hydrogen) atoms. The van der Waals surface area contributed by atoms with E-state index in [0.717, 1.165) is 0 Å². The highest BCUT2D eigenvalue weighted by Crippen LogP contribution is 2.38. The zero-order chi connectivity index (χ0) is 23.1. The van der Waals surface area contributed by atoms with E-state index in [4.69, 9.17) is 21.1 Å². The lowest BCUT2D eigenvalue weighted by Crippen LogP contribution is -2.02. The predicted octanol–water partition coefficient (Wildman–Crippen LogP) is 6.43. The van der Waals surface area contributed by atoms with Gasteiger partial charge in [0.05, 0.1) is 28.2 Å². The van der Waals surface area contributed by atoms with E-state index in [1.165, 1.54) is 30.3 Å². The summed E-state index contributed by atoms with van der Waals surface area (Å²) in [5, 5.41) is 20.6. The second-order valence-corrected chi connectivity index (χ2v) is 7.02. The molecule has 0 radical (unpaired) electrons. The maximum absolute atomic E-state index is 13.9. The van der Waals surface area contributed by atoms with Gasteiger partial charge in [-0.25, -0.2) is 4.39 Å². The van der Waals surface area contributed by atoms with Gasteiger partial charge in [-0.05, 0) is 54.5 Å². The van der Waals surface area contributed by atoms with Crippen LogP contribution in [0.25, 0.3) is 11.6 Å². The van der Waals surface area contributed by atoms with Crippen LogP contribution in [0.3, 0.4) is 0 Å². The van der Waals surface area contributed by atoms with Crippen molar-refractivity contribution in [2.24, 2.45) is 0 Å². The standard InChI is InChI=1S/C24H18ClFN2O4/c1-2-31-23-13-16(11-19(14-27)17-7-9-20(10-8-17)28(29)30)12-21(25)24(23)32-15-18-5-3-4-6-22(18)26/h3-13H,2,15H2,1H3/b19-11-. The number of non-ortho nitro benzene ring substituents is 1. The van der Waals surface area contributed by atoms with Crippen molar-refractivity contribution in [2.45, 2.75) is 13.5 Å². The Kier molecular flexibility index (Phi) is 7.42. The molecule has 0 aliphatic heterocycles. The van der Waals surface area contributed by atoms with E-state index >= 15 is 0 Å². The Morgan fingerprint density at radius 2 is 1.91 bits per heavy atom. The molecule has 6 nitrogen and oxygen atoms in total. The van der Waals surface area contributed by atoms with Gasteiger partial charge in [0.25, 0.3) is 5.69 Å². The van der Waals surface area contributed by atoms with Gasteiger partial charge in [-0.15, -0.1) is 0 Å². The van der Waals surface area contributed by atoms with Gasteiger partial charge in [0.2, 0.25) is 0 Å². The minimum atomic E-state index is -0.506. The van der Waals surface area contributed by atoms with Crippen LogP contribution >= 0.6 is 11.6 Å². The molecule has 0 aromatic heterocycles. The van der Waals surface area contributed by atoms with E-state index in [-0.39, 0.29) is 28.9 Å². The smallest absolute Gasteiger partial charge is 0.269 e. The van der Waals surface area contributed by atoms with Crippen molar-refractivity contribution in [3.05, 3.63) is 98.3 Å². The first kappa shape index (κ1) is 22.8. The molecule has 0 saturated heterocycles. The molecule has 162 valence electrons. The monoisotopic (exact) mass is 452 g/mol. The van der Waals surface area contributed by atoms with E-state index in [0.29, 0.717) is 34.6 Å². The Morgan fingerprint density at radius 3 is 2.53 bits per heavy atom. The maximum atomic E-state index is 13.9. The molecule has 0 saturated carbocycles. The number of ether oxygens (including phenoxy) is 2. The number of hydrogen-bond acceptors (Lipinski definition) is 5. The minimum absolute atomic E-state index is 0.0338. The van der Waals surface area contributed by atoms with Crippen LogP contribution in [-0.2, 0) is 6.61 Å². The lowest BCUT2D eigenvalue weighted by molar-refractivity contribution is -0.384. The van der Waals surface area contributed by atoms with E-state index in [1.807, 2.05) is 0 Å². The van der Waals surface area contributed by atoms with Crippen molar-refractivity contribution in [1.29, 1.82) is 5.26 Å². The molecule has 0 N–H and O–H groups in total. The van der Waals surface area contributed by atoms with E-state index in [9.17, 15) is 19.8 Å². The van der Waals surface area contributed by atoms with Crippen molar-refractivity contribution in [3.63, 3.8) is 0 Å². The Hall–Kier alpha value is -3.89. The highest BCUT2D eigenvalue weighted by atomic mass is 35.5. The summed E-state index contributed by atoms with van der Waals surface area (Å²) in [5.74, 6) is 0.231. The van der Waals surface area contributed by atoms with Gasteiger partial charge in [0.15, 0.2) is 11.5 Å². The molecule has 0 aliphatic carbocycles. The zero-order valence-corrected chi connectivity index (χ0v) is 17.8. The number of rotatable bonds is 8. The largest absolute Gasteiger partial charge is 0.490 e. The summed E-state index contributed by atoms with van der Waals surface area (Å²) in [6.07, 6.45) is 1.59. The number of benzene rings is 3. The molecule has 0 bridgehead atoms. The second-order valence-electron chi connectivity index (χ2n) is 6.62. The first-order chi connectivity index (χ1) is 15.4. The van der Waals surface area contributed by atoms with Gasteiger partial charge in [-0.1, -0.05) is 29.8 Å². The highest BCUT2D eigenvalue weighted by Gasteiger charge is 2.14. The Morgan fingerprint density at radius 1 is 1.19 bits per heavy atom. The van der Waals surface area contributed by atoms with Gasteiger partial charge >= 0.3 is 0 Å². The summed E-state index contributed by atoms with van der Waals surface area (Å²) in [7, 11) is 0. The number of nitrogens with zero attached hydrogens (tertiary/aromatic N) is 2. The summed E-state index contributed by atoms with van der Waals surface area (Å²) >= 11 is 6.42. The quantitative estimate of drug-likeness (QED) is 0.170.